The number of hydrogen-bond acceptors (Lipinski definition) is 3. The van der Waals surface area contributed by atoms with Gasteiger partial charge in [-0.3, -0.25) is 14.8 Å². The summed E-state index contributed by atoms with van der Waals surface area (Å²) in [6.07, 6.45) is 42.8. The van der Waals surface area contributed by atoms with Gasteiger partial charge < -0.3 is 5.32 Å². The van der Waals surface area contributed by atoms with Crippen LogP contribution in [0.5, 0.6) is 0 Å². The van der Waals surface area contributed by atoms with E-state index in [1.54, 1.807) is 5.48 Å². The highest BCUT2D eigenvalue weighted by molar-refractivity contribution is 5.76. The molecule has 0 spiro atoms. The van der Waals surface area contributed by atoms with Crippen molar-refractivity contribution in [3.8, 4) is 0 Å². The standard InChI is InChI=1S/C20H39NO.C18H37NO2/c1-3-5-6-7-8-9-10-11-12-13-14-15-16-17-18-19-20(22)21-4-2;1-2-3-4-5-6-7-8-9-10-11-12-13-14-15-16-17-18(20)19-21/h4H,2-3,5-19H2,1H3,(H,21,22);21H,2-17H2,1H3,(H,19,20). The number of carbonyl (C=O) groups is 2. The monoisotopic (exact) mass is 609 g/mol. The Bertz CT molecular complexity index is 567. The average molecular weight is 609 g/mol. The first-order valence-electron chi connectivity index (χ1n) is 19.0. The van der Waals surface area contributed by atoms with Crippen LogP contribution in [0.3, 0.4) is 0 Å². The van der Waals surface area contributed by atoms with Gasteiger partial charge in [0.25, 0.3) is 0 Å². The van der Waals surface area contributed by atoms with Crippen LogP contribution in [-0.2, 0) is 9.59 Å². The van der Waals surface area contributed by atoms with Crippen LogP contribution in [0.25, 0.3) is 0 Å². The molecule has 0 aliphatic rings. The fourth-order valence-corrected chi connectivity index (χ4v) is 5.56. The summed E-state index contributed by atoms with van der Waals surface area (Å²) in [5, 5.41) is 11.0. The molecule has 0 atom stereocenters. The zero-order valence-corrected chi connectivity index (χ0v) is 29.2. The summed E-state index contributed by atoms with van der Waals surface area (Å²) < 4.78 is 0. The van der Waals surface area contributed by atoms with Crippen LogP contribution in [0, 0.1) is 0 Å². The molecule has 0 aromatic heterocycles. The maximum atomic E-state index is 11.2. The van der Waals surface area contributed by atoms with Gasteiger partial charge in [-0.25, -0.2) is 5.48 Å². The molecular weight excluding hydrogens is 532 g/mol. The third kappa shape index (κ3) is 42.8. The lowest BCUT2D eigenvalue weighted by Crippen LogP contribution is -2.17. The van der Waals surface area contributed by atoms with Crippen LogP contribution in [0.2, 0.25) is 0 Å². The summed E-state index contributed by atoms with van der Waals surface area (Å²) in [6, 6.07) is 0. The smallest absolute Gasteiger partial charge is 0.243 e. The quantitative estimate of drug-likeness (QED) is 0.0394. The van der Waals surface area contributed by atoms with Crippen LogP contribution in [-0.4, -0.2) is 17.0 Å². The number of amides is 2. The molecule has 0 aromatic rings. The van der Waals surface area contributed by atoms with Crippen LogP contribution in [0.4, 0.5) is 0 Å². The van der Waals surface area contributed by atoms with E-state index in [2.05, 4.69) is 25.7 Å². The van der Waals surface area contributed by atoms with E-state index >= 15 is 0 Å². The second kappa shape index (κ2) is 40.6. The fraction of sp³-hybridized carbons (Fsp3) is 0.895. The van der Waals surface area contributed by atoms with Gasteiger partial charge in [-0.05, 0) is 19.0 Å². The van der Waals surface area contributed by atoms with E-state index in [1.165, 1.54) is 180 Å². The Labute approximate surface area is 269 Å². The molecule has 0 radical (unpaired) electrons. The van der Waals surface area contributed by atoms with Crippen molar-refractivity contribution in [2.24, 2.45) is 0 Å². The van der Waals surface area contributed by atoms with E-state index in [0.717, 1.165) is 19.3 Å². The predicted octanol–water partition coefficient (Wildman–Crippen LogP) is 12.3. The number of hydrogen-bond donors (Lipinski definition) is 3. The van der Waals surface area contributed by atoms with Gasteiger partial charge in [0.05, 0.1) is 0 Å². The Balaban J connectivity index is 0. The molecule has 3 N–H and O–H groups in total. The lowest BCUT2D eigenvalue weighted by Gasteiger charge is -2.03. The predicted molar refractivity (Wildman–Crippen MR) is 187 cm³/mol. The molecule has 0 aliphatic carbocycles. The number of rotatable bonds is 33. The van der Waals surface area contributed by atoms with E-state index in [4.69, 9.17) is 5.21 Å². The zero-order chi connectivity index (χ0) is 31.9. The second-order valence-corrected chi connectivity index (χ2v) is 12.7. The third-order valence-electron chi connectivity index (χ3n) is 8.40. The summed E-state index contributed by atoms with van der Waals surface area (Å²) in [5.74, 6) is -0.158. The van der Waals surface area contributed by atoms with E-state index in [0.29, 0.717) is 12.8 Å². The topological polar surface area (TPSA) is 78.4 Å². The zero-order valence-electron chi connectivity index (χ0n) is 29.2. The van der Waals surface area contributed by atoms with Gasteiger partial charge in [0.15, 0.2) is 0 Å². The number of nitrogens with one attached hydrogen (secondary N) is 2. The van der Waals surface area contributed by atoms with Gasteiger partial charge in [-0.2, -0.15) is 0 Å². The molecule has 0 saturated carbocycles. The first-order chi connectivity index (χ1) is 21.1. The molecule has 0 fully saturated rings. The van der Waals surface area contributed by atoms with Crippen molar-refractivity contribution in [2.45, 2.75) is 219 Å². The van der Waals surface area contributed by atoms with Gasteiger partial charge in [0.1, 0.15) is 0 Å². The Morgan fingerprint density at radius 1 is 0.442 bits per heavy atom. The van der Waals surface area contributed by atoms with Crippen LogP contribution < -0.4 is 10.8 Å². The van der Waals surface area contributed by atoms with Crippen LogP contribution in [0.1, 0.15) is 219 Å². The first-order valence-corrected chi connectivity index (χ1v) is 19.0. The molecule has 0 aromatic carbocycles. The molecule has 43 heavy (non-hydrogen) atoms. The van der Waals surface area contributed by atoms with Gasteiger partial charge in [-0.15, -0.1) is 0 Å². The van der Waals surface area contributed by atoms with Gasteiger partial charge in [-0.1, -0.05) is 200 Å². The fourth-order valence-electron chi connectivity index (χ4n) is 5.56. The third-order valence-corrected chi connectivity index (χ3v) is 8.40. The van der Waals surface area contributed by atoms with Gasteiger partial charge in [0, 0.05) is 12.8 Å². The summed E-state index contributed by atoms with van der Waals surface area (Å²) >= 11 is 0. The van der Waals surface area contributed by atoms with E-state index in [9.17, 15) is 9.59 Å². The minimum atomic E-state index is -0.260. The number of hydroxylamine groups is 1. The van der Waals surface area contributed by atoms with Crippen LogP contribution in [0.15, 0.2) is 12.8 Å². The van der Waals surface area contributed by atoms with Crippen molar-refractivity contribution in [1.82, 2.24) is 10.8 Å². The summed E-state index contributed by atoms with van der Waals surface area (Å²) in [4.78, 5) is 22.0. The molecule has 0 rings (SSSR count). The normalized spacial score (nSPS) is 10.7. The van der Waals surface area contributed by atoms with Gasteiger partial charge in [0.2, 0.25) is 11.8 Å². The van der Waals surface area contributed by atoms with Crippen LogP contribution >= 0.6 is 0 Å². The van der Waals surface area contributed by atoms with Crippen molar-refractivity contribution in [1.29, 1.82) is 0 Å². The summed E-state index contributed by atoms with van der Waals surface area (Å²) in [5.41, 5.74) is 1.68. The van der Waals surface area contributed by atoms with E-state index < -0.39 is 0 Å². The molecule has 0 aliphatic heterocycles. The van der Waals surface area contributed by atoms with E-state index in [-0.39, 0.29) is 11.8 Å². The minimum Gasteiger partial charge on any atom is -0.333 e. The second-order valence-electron chi connectivity index (χ2n) is 12.7. The van der Waals surface area contributed by atoms with Crippen molar-refractivity contribution < 1.29 is 14.8 Å². The van der Waals surface area contributed by atoms with Crippen molar-refractivity contribution in [3.05, 3.63) is 12.8 Å². The minimum absolute atomic E-state index is 0.102. The molecular formula is C38H76N2O3. The summed E-state index contributed by atoms with van der Waals surface area (Å²) in [7, 11) is 0. The molecule has 5 heteroatoms. The Kier molecular flexibility index (Phi) is 41.4. The van der Waals surface area contributed by atoms with Gasteiger partial charge >= 0.3 is 0 Å². The highest BCUT2D eigenvalue weighted by Gasteiger charge is 2.00. The Morgan fingerprint density at radius 2 is 0.674 bits per heavy atom. The number of unbranched alkanes of at least 4 members (excludes halogenated alkanes) is 28. The molecule has 0 bridgehead atoms. The summed E-state index contributed by atoms with van der Waals surface area (Å²) in [6.45, 7) is 8.04. The van der Waals surface area contributed by atoms with Crippen molar-refractivity contribution in [2.75, 3.05) is 0 Å². The molecule has 0 unspecified atom stereocenters. The molecule has 2 amide bonds. The Morgan fingerprint density at radius 3 is 0.907 bits per heavy atom. The molecule has 256 valence electrons. The first kappa shape index (κ1) is 43.8. The van der Waals surface area contributed by atoms with Crippen molar-refractivity contribution >= 4 is 11.8 Å². The molecule has 0 saturated heterocycles. The largest absolute Gasteiger partial charge is 0.333 e. The Hall–Kier alpha value is -1.36. The SMILES string of the molecule is C=CNC(=O)CCCCCCCCCCCCCCCCC.CCCCCCCCCCCCCCCCCC(=O)NO. The maximum absolute atomic E-state index is 11.2. The highest BCUT2D eigenvalue weighted by Crippen LogP contribution is 2.15. The lowest BCUT2D eigenvalue weighted by atomic mass is 10.0. The highest BCUT2D eigenvalue weighted by atomic mass is 16.5. The van der Waals surface area contributed by atoms with E-state index in [1.807, 2.05) is 0 Å². The average Bonchev–Trinajstić information content (AvgIpc) is 3.01. The maximum Gasteiger partial charge on any atom is 0.243 e. The molecule has 5 nitrogen and oxygen atoms in total. The number of carbonyl (C=O) groups excluding carboxylic acids is 2. The van der Waals surface area contributed by atoms with Crippen molar-refractivity contribution in [3.63, 3.8) is 0 Å². The lowest BCUT2D eigenvalue weighted by molar-refractivity contribution is -0.129. The molecule has 0 heterocycles.